The zero-order chi connectivity index (χ0) is 14.8. The third-order valence-corrected chi connectivity index (χ3v) is 4.86. The lowest BCUT2D eigenvalue weighted by molar-refractivity contribution is -0.121. The van der Waals surface area contributed by atoms with Crippen LogP contribution in [0.25, 0.3) is 0 Å². The number of ether oxygens (including phenoxy) is 1. The zero-order valence-corrected chi connectivity index (χ0v) is 13.1. The van der Waals surface area contributed by atoms with E-state index in [0.29, 0.717) is 30.1 Å². The Balaban J connectivity index is 1.43. The number of carbonyl (C=O) groups excluding carboxylic acids is 1. The molecule has 116 valence electrons. The highest BCUT2D eigenvalue weighted by molar-refractivity contribution is 7.13. The van der Waals surface area contributed by atoms with Crippen LogP contribution < -0.4 is 11.1 Å². The monoisotopic (exact) mass is 310 g/mol. The van der Waals surface area contributed by atoms with Crippen LogP contribution in [0, 0.1) is 0 Å². The minimum Gasteiger partial charge on any atom is -0.376 e. The molecule has 3 rings (SSSR count). The first kappa shape index (κ1) is 14.7. The van der Waals surface area contributed by atoms with Crippen LogP contribution in [0.5, 0.6) is 0 Å². The fraction of sp³-hybridized carbons (Fsp3) is 0.714. The van der Waals surface area contributed by atoms with Crippen molar-refractivity contribution in [2.24, 2.45) is 0 Å². The first-order chi connectivity index (χ1) is 10.1. The molecule has 3 heterocycles. The smallest absolute Gasteiger partial charge is 0.220 e. The van der Waals surface area contributed by atoms with E-state index in [0.717, 1.165) is 31.8 Å². The van der Waals surface area contributed by atoms with Gasteiger partial charge in [0.05, 0.1) is 18.4 Å². The molecule has 2 saturated heterocycles. The van der Waals surface area contributed by atoms with Gasteiger partial charge in [0.25, 0.3) is 0 Å². The molecule has 3 atom stereocenters. The van der Waals surface area contributed by atoms with Crippen molar-refractivity contribution in [3.8, 4) is 0 Å². The minimum absolute atomic E-state index is 0.0976. The van der Waals surface area contributed by atoms with Crippen LogP contribution in [0.4, 0.5) is 5.13 Å². The van der Waals surface area contributed by atoms with Crippen LogP contribution in [0.2, 0.25) is 0 Å². The van der Waals surface area contributed by atoms with Gasteiger partial charge in [-0.1, -0.05) is 0 Å². The highest BCUT2D eigenvalue weighted by Gasteiger charge is 2.36. The van der Waals surface area contributed by atoms with E-state index in [9.17, 15) is 4.79 Å². The molecule has 0 unspecified atom stereocenters. The van der Waals surface area contributed by atoms with Gasteiger partial charge in [-0.25, -0.2) is 4.98 Å². The Labute approximate surface area is 128 Å². The predicted molar refractivity (Wildman–Crippen MR) is 82.2 cm³/mol. The summed E-state index contributed by atoms with van der Waals surface area (Å²) in [7, 11) is 0. The van der Waals surface area contributed by atoms with Crippen LogP contribution in [-0.2, 0) is 16.0 Å². The highest BCUT2D eigenvalue weighted by atomic mass is 32.1. The number of fused-ring (bicyclic) bond motifs is 1. The maximum Gasteiger partial charge on any atom is 0.220 e. The van der Waals surface area contributed by atoms with Crippen LogP contribution >= 0.6 is 11.3 Å². The summed E-state index contributed by atoms with van der Waals surface area (Å²) in [4.78, 5) is 18.6. The Morgan fingerprint density at radius 3 is 3.24 bits per heavy atom. The number of hydrogen-bond donors (Lipinski definition) is 2. The van der Waals surface area contributed by atoms with Gasteiger partial charge in [-0.3, -0.25) is 9.69 Å². The molecule has 6 nitrogen and oxygen atoms in total. The maximum absolute atomic E-state index is 12.0. The van der Waals surface area contributed by atoms with E-state index in [1.54, 1.807) is 0 Å². The number of amides is 1. The number of aromatic nitrogens is 1. The van der Waals surface area contributed by atoms with Crippen LogP contribution in [0.3, 0.4) is 0 Å². The number of morpholine rings is 1. The van der Waals surface area contributed by atoms with E-state index in [-0.39, 0.29) is 11.9 Å². The lowest BCUT2D eigenvalue weighted by atomic mass is 10.1. The Bertz CT molecular complexity index is 507. The van der Waals surface area contributed by atoms with Crippen molar-refractivity contribution in [2.45, 2.75) is 44.4 Å². The molecule has 21 heavy (non-hydrogen) atoms. The molecule has 2 aliphatic rings. The minimum atomic E-state index is 0.0976. The van der Waals surface area contributed by atoms with Gasteiger partial charge in [0.15, 0.2) is 5.13 Å². The molecule has 3 N–H and O–H groups in total. The number of nitrogens with two attached hydrogens (primary N) is 1. The third-order valence-electron chi connectivity index (χ3n) is 4.14. The molecule has 2 aliphatic heterocycles. The summed E-state index contributed by atoms with van der Waals surface area (Å²) in [5, 5.41) is 5.61. The van der Waals surface area contributed by atoms with Crippen molar-refractivity contribution in [1.82, 2.24) is 15.2 Å². The van der Waals surface area contributed by atoms with Gasteiger partial charge in [-0.2, -0.15) is 0 Å². The SMILES string of the molecule is C[C@H]1CN2C[C@H](NC(=O)CCc3csc(N)n3)C[C@H]2CO1. The number of thiazole rings is 1. The molecule has 0 aromatic carbocycles. The van der Waals surface area contributed by atoms with Crippen LogP contribution in [-0.4, -0.2) is 53.7 Å². The second kappa shape index (κ2) is 6.29. The van der Waals surface area contributed by atoms with E-state index in [1.807, 2.05) is 5.38 Å². The first-order valence-electron chi connectivity index (χ1n) is 7.45. The molecule has 0 radical (unpaired) electrons. The Kier molecular flexibility index (Phi) is 4.42. The summed E-state index contributed by atoms with van der Waals surface area (Å²) in [6.45, 7) is 4.79. The summed E-state index contributed by atoms with van der Waals surface area (Å²) in [6.07, 6.45) is 2.41. The lowest BCUT2D eigenvalue weighted by Gasteiger charge is -2.33. The molecular weight excluding hydrogens is 288 g/mol. The van der Waals surface area contributed by atoms with Crippen molar-refractivity contribution in [3.63, 3.8) is 0 Å². The van der Waals surface area contributed by atoms with E-state index in [2.05, 4.69) is 22.1 Å². The molecule has 2 fully saturated rings. The number of hydrogen-bond acceptors (Lipinski definition) is 6. The summed E-state index contributed by atoms with van der Waals surface area (Å²) in [5.74, 6) is 0.0976. The van der Waals surface area contributed by atoms with E-state index >= 15 is 0 Å². The van der Waals surface area contributed by atoms with Crippen molar-refractivity contribution in [1.29, 1.82) is 0 Å². The molecule has 1 aromatic rings. The Morgan fingerprint density at radius 2 is 2.48 bits per heavy atom. The fourth-order valence-electron chi connectivity index (χ4n) is 3.12. The molecule has 0 saturated carbocycles. The number of nitrogens with zero attached hydrogens (tertiary/aromatic N) is 2. The fourth-order valence-corrected chi connectivity index (χ4v) is 3.72. The van der Waals surface area contributed by atoms with Crippen LogP contribution in [0.1, 0.15) is 25.5 Å². The van der Waals surface area contributed by atoms with Gasteiger partial charge in [0.1, 0.15) is 0 Å². The normalized spacial score (nSPS) is 29.3. The molecule has 0 spiro atoms. The average Bonchev–Trinajstić information content (AvgIpc) is 3.01. The number of anilines is 1. The molecule has 1 amide bonds. The van der Waals surface area contributed by atoms with Crippen molar-refractivity contribution < 1.29 is 9.53 Å². The number of aryl methyl sites for hydroxylation is 1. The van der Waals surface area contributed by atoms with E-state index in [1.165, 1.54) is 11.3 Å². The van der Waals surface area contributed by atoms with Gasteiger partial charge in [-0.05, 0) is 19.8 Å². The van der Waals surface area contributed by atoms with Crippen LogP contribution in [0.15, 0.2) is 5.38 Å². The highest BCUT2D eigenvalue weighted by Crippen LogP contribution is 2.23. The molecule has 0 aliphatic carbocycles. The Morgan fingerprint density at radius 1 is 1.62 bits per heavy atom. The number of rotatable bonds is 4. The predicted octanol–water partition coefficient (Wildman–Crippen LogP) is 0.636. The van der Waals surface area contributed by atoms with Gasteiger partial charge >= 0.3 is 0 Å². The van der Waals surface area contributed by atoms with Gasteiger partial charge in [0.2, 0.25) is 5.91 Å². The summed E-state index contributed by atoms with van der Waals surface area (Å²) in [5.41, 5.74) is 6.49. The second-order valence-electron chi connectivity index (χ2n) is 5.93. The average molecular weight is 310 g/mol. The molecule has 0 bridgehead atoms. The largest absolute Gasteiger partial charge is 0.376 e. The molecular formula is C14H22N4O2S. The Hall–Kier alpha value is -1.18. The van der Waals surface area contributed by atoms with Crippen molar-refractivity contribution in [2.75, 3.05) is 25.4 Å². The van der Waals surface area contributed by atoms with Crippen molar-refractivity contribution >= 4 is 22.4 Å². The molecule has 1 aromatic heterocycles. The second-order valence-corrected chi connectivity index (χ2v) is 6.82. The topological polar surface area (TPSA) is 80.5 Å². The summed E-state index contributed by atoms with van der Waals surface area (Å²) in [6, 6.07) is 0.710. The third kappa shape index (κ3) is 3.72. The van der Waals surface area contributed by atoms with Gasteiger partial charge in [0, 0.05) is 37.0 Å². The number of carbonyl (C=O) groups is 1. The van der Waals surface area contributed by atoms with Gasteiger partial charge < -0.3 is 15.8 Å². The lowest BCUT2D eigenvalue weighted by Crippen LogP contribution is -2.45. The van der Waals surface area contributed by atoms with Crippen molar-refractivity contribution in [3.05, 3.63) is 11.1 Å². The maximum atomic E-state index is 12.0. The quantitative estimate of drug-likeness (QED) is 0.853. The van der Waals surface area contributed by atoms with E-state index in [4.69, 9.17) is 10.5 Å². The van der Waals surface area contributed by atoms with E-state index < -0.39 is 0 Å². The first-order valence-corrected chi connectivity index (χ1v) is 8.33. The number of nitrogens with one attached hydrogen (secondary N) is 1. The van der Waals surface area contributed by atoms with Gasteiger partial charge in [-0.15, -0.1) is 11.3 Å². The number of nitrogen functional groups attached to an aromatic ring is 1. The summed E-state index contributed by atoms with van der Waals surface area (Å²) < 4.78 is 5.68. The standard InChI is InChI=1S/C14H22N4O2S/c1-9-5-18-6-11(4-12(18)7-20-9)16-13(19)3-2-10-8-21-14(15)17-10/h8-9,11-12H,2-7H2,1H3,(H2,15,17)(H,16,19)/t9-,11+,12-/m0/s1. The summed E-state index contributed by atoms with van der Waals surface area (Å²) >= 11 is 1.42. The molecule has 7 heteroatoms. The zero-order valence-electron chi connectivity index (χ0n) is 12.2.